The van der Waals surface area contributed by atoms with E-state index in [2.05, 4.69) is 10.2 Å². The van der Waals surface area contributed by atoms with Crippen LogP contribution < -0.4 is 5.32 Å². The highest BCUT2D eigenvalue weighted by molar-refractivity contribution is 5.26. The van der Waals surface area contributed by atoms with E-state index in [4.69, 9.17) is 0 Å². The maximum atomic E-state index is 13.2. The van der Waals surface area contributed by atoms with E-state index in [1.54, 1.807) is 12.1 Å². The number of nitrogens with one attached hydrogen (secondary N) is 1. The van der Waals surface area contributed by atoms with Crippen molar-refractivity contribution in [2.45, 2.75) is 45.2 Å². The van der Waals surface area contributed by atoms with E-state index in [9.17, 15) is 4.39 Å². The molecule has 1 saturated carbocycles. The Labute approximate surface area is 121 Å². The zero-order chi connectivity index (χ0) is 13.9. The smallest absolute Gasteiger partial charge is 0.123 e. The predicted octanol–water partition coefficient (Wildman–Crippen LogP) is 3.10. The summed E-state index contributed by atoms with van der Waals surface area (Å²) in [5, 5.41) is 3.44. The minimum Gasteiger partial charge on any atom is -0.317 e. The van der Waals surface area contributed by atoms with Crippen molar-refractivity contribution < 1.29 is 4.39 Å². The standard InChI is InChI=1S/C17H25FN2/c1-13-10-16(18)3-2-15(13)12-20(17-4-5-17)11-14-6-8-19-9-7-14/h2-3,10,14,17,19H,4-9,11-12H2,1H3. The Hall–Kier alpha value is -0.930. The summed E-state index contributed by atoms with van der Waals surface area (Å²) in [5.41, 5.74) is 2.37. The van der Waals surface area contributed by atoms with Crippen LogP contribution >= 0.6 is 0 Å². The SMILES string of the molecule is Cc1cc(F)ccc1CN(CC1CCNCC1)C1CC1. The summed E-state index contributed by atoms with van der Waals surface area (Å²) >= 11 is 0. The Bertz CT molecular complexity index is 450. The molecule has 1 heterocycles. The van der Waals surface area contributed by atoms with Gasteiger partial charge in [-0.15, -0.1) is 0 Å². The summed E-state index contributed by atoms with van der Waals surface area (Å²) in [6.07, 6.45) is 5.27. The maximum Gasteiger partial charge on any atom is 0.123 e. The van der Waals surface area contributed by atoms with Crippen LogP contribution in [0.25, 0.3) is 0 Å². The van der Waals surface area contributed by atoms with Crippen molar-refractivity contribution in [2.75, 3.05) is 19.6 Å². The molecule has 0 atom stereocenters. The molecule has 2 nitrogen and oxygen atoms in total. The van der Waals surface area contributed by atoms with Gasteiger partial charge in [0.25, 0.3) is 0 Å². The van der Waals surface area contributed by atoms with Gasteiger partial charge in [0.1, 0.15) is 5.82 Å². The van der Waals surface area contributed by atoms with Gasteiger partial charge in [-0.25, -0.2) is 4.39 Å². The van der Waals surface area contributed by atoms with Crippen LogP contribution in [0.1, 0.15) is 36.8 Å². The second-order valence-electron chi connectivity index (χ2n) is 6.42. The van der Waals surface area contributed by atoms with Gasteiger partial charge in [-0.2, -0.15) is 0 Å². The predicted molar refractivity (Wildman–Crippen MR) is 80.2 cm³/mol. The van der Waals surface area contributed by atoms with Gasteiger partial charge in [0.05, 0.1) is 0 Å². The minimum atomic E-state index is -0.123. The van der Waals surface area contributed by atoms with E-state index in [1.807, 2.05) is 13.0 Å². The van der Waals surface area contributed by atoms with Crippen molar-refractivity contribution in [3.8, 4) is 0 Å². The Morgan fingerprint density at radius 2 is 1.95 bits per heavy atom. The lowest BCUT2D eigenvalue weighted by molar-refractivity contribution is 0.190. The number of hydrogen-bond donors (Lipinski definition) is 1. The van der Waals surface area contributed by atoms with Gasteiger partial charge in [-0.05, 0) is 74.9 Å². The van der Waals surface area contributed by atoms with Crippen LogP contribution in [0.3, 0.4) is 0 Å². The largest absolute Gasteiger partial charge is 0.317 e. The lowest BCUT2D eigenvalue weighted by Crippen LogP contribution is -2.37. The fourth-order valence-corrected chi connectivity index (χ4v) is 3.23. The maximum absolute atomic E-state index is 13.2. The Kier molecular flexibility index (Phi) is 4.37. The molecule has 0 amide bonds. The highest BCUT2D eigenvalue weighted by Crippen LogP contribution is 2.30. The Balaban J connectivity index is 1.64. The van der Waals surface area contributed by atoms with Gasteiger partial charge in [0.2, 0.25) is 0 Å². The van der Waals surface area contributed by atoms with E-state index in [1.165, 1.54) is 50.9 Å². The van der Waals surface area contributed by atoms with Crippen molar-refractivity contribution in [3.63, 3.8) is 0 Å². The molecular formula is C17H25FN2. The average molecular weight is 276 g/mol. The number of rotatable bonds is 5. The second kappa shape index (κ2) is 6.23. The van der Waals surface area contributed by atoms with E-state index in [-0.39, 0.29) is 5.82 Å². The van der Waals surface area contributed by atoms with Gasteiger partial charge >= 0.3 is 0 Å². The molecule has 110 valence electrons. The van der Waals surface area contributed by atoms with Crippen molar-refractivity contribution in [1.29, 1.82) is 0 Å². The first kappa shape index (κ1) is 14.0. The molecule has 0 bridgehead atoms. The third-order valence-corrected chi connectivity index (χ3v) is 4.69. The number of piperidine rings is 1. The first-order chi connectivity index (χ1) is 9.72. The monoisotopic (exact) mass is 276 g/mol. The van der Waals surface area contributed by atoms with Crippen molar-refractivity contribution >= 4 is 0 Å². The Morgan fingerprint density at radius 1 is 1.20 bits per heavy atom. The molecule has 0 aromatic heterocycles. The molecule has 20 heavy (non-hydrogen) atoms. The summed E-state index contributed by atoms with van der Waals surface area (Å²) in [4.78, 5) is 2.64. The van der Waals surface area contributed by atoms with Crippen LogP contribution in [0, 0.1) is 18.7 Å². The van der Waals surface area contributed by atoms with E-state index >= 15 is 0 Å². The molecule has 1 aromatic carbocycles. The van der Waals surface area contributed by atoms with Gasteiger partial charge in [-0.3, -0.25) is 4.90 Å². The lowest BCUT2D eigenvalue weighted by atomic mass is 9.97. The minimum absolute atomic E-state index is 0.123. The summed E-state index contributed by atoms with van der Waals surface area (Å²) in [5.74, 6) is 0.709. The lowest BCUT2D eigenvalue weighted by Gasteiger charge is -2.30. The fourth-order valence-electron chi connectivity index (χ4n) is 3.23. The number of nitrogens with zero attached hydrogens (tertiary/aromatic N) is 1. The first-order valence-electron chi connectivity index (χ1n) is 7.92. The van der Waals surface area contributed by atoms with Gasteiger partial charge < -0.3 is 5.32 Å². The van der Waals surface area contributed by atoms with Gasteiger partial charge in [-0.1, -0.05) is 6.07 Å². The van der Waals surface area contributed by atoms with Crippen LogP contribution in [0.4, 0.5) is 4.39 Å². The van der Waals surface area contributed by atoms with Crippen LogP contribution in [-0.4, -0.2) is 30.6 Å². The van der Waals surface area contributed by atoms with Gasteiger partial charge in [0.15, 0.2) is 0 Å². The number of aryl methyl sites for hydroxylation is 1. The molecule has 0 radical (unpaired) electrons. The molecular weight excluding hydrogens is 251 g/mol. The number of benzene rings is 1. The summed E-state index contributed by atoms with van der Waals surface area (Å²) < 4.78 is 13.2. The highest BCUT2D eigenvalue weighted by atomic mass is 19.1. The normalized spacial score (nSPS) is 20.6. The van der Waals surface area contributed by atoms with Crippen molar-refractivity contribution in [3.05, 3.63) is 35.1 Å². The molecule has 1 saturated heterocycles. The molecule has 1 aliphatic heterocycles. The van der Waals surface area contributed by atoms with E-state index < -0.39 is 0 Å². The zero-order valence-corrected chi connectivity index (χ0v) is 12.4. The first-order valence-corrected chi connectivity index (χ1v) is 7.92. The average Bonchev–Trinajstić information content (AvgIpc) is 3.26. The molecule has 0 unspecified atom stereocenters. The molecule has 3 rings (SSSR count). The fraction of sp³-hybridized carbons (Fsp3) is 0.647. The van der Waals surface area contributed by atoms with Crippen LogP contribution in [0.2, 0.25) is 0 Å². The van der Waals surface area contributed by atoms with Crippen molar-refractivity contribution in [2.24, 2.45) is 5.92 Å². The molecule has 2 aliphatic rings. The zero-order valence-electron chi connectivity index (χ0n) is 12.4. The van der Waals surface area contributed by atoms with Crippen LogP contribution in [0.5, 0.6) is 0 Å². The molecule has 1 aliphatic carbocycles. The Morgan fingerprint density at radius 3 is 2.60 bits per heavy atom. The summed E-state index contributed by atoms with van der Waals surface area (Å²) in [6.45, 7) is 6.55. The number of halogens is 1. The van der Waals surface area contributed by atoms with E-state index in [0.717, 1.165) is 24.1 Å². The molecule has 3 heteroatoms. The van der Waals surface area contributed by atoms with Gasteiger partial charge in [0, 0.05) is 19.1 Å². The summed E-state index contributed by atoms with van der Waals surface area (Å²) in [6, 6.07) is 5.99. The van der Waals surface area contributed by atoms with Crippen molar-refractivity contribution in [1.82, 2.24) is 10.2 Å². The quantitative estimate of drug-likeness (QED) is 0.889. The number of hydrogen-bond acceptors (Lipinski definition) is 2. The second-order valence-corrected chi connectivity index (χ2v) is 6.42. The summed E-state index contributed by atoms with van der Waals surface area (Å²) in [7, 11) is 0. The van der Waals surface area contributed by atoms with Crippen LogP contribution in [0.15, 0.2) is 18.2 Å². The van der Waals surface area contributed by atoms with Crippen LogP contribution in [-0.2, 0) is 6.54 Å². The molecule has 1 aromatic rings. The molecule has 0 spiro atoms. The topological polar surface area (TPSA) is 15.3 Å². The molecule has 1 N–H and O–H groups in total. The highest BCUT2D eigenvalue weighted by Gasteiger charge is 2.31. The van der Waals surface area contributed by atoms with E-state index in [0.29, 0.717) is 0 Å². The third-order valence-electron chi connectivity index (χ3n) is 4.69. The molecule has 2 fully saturated rings. The third kappa shape index (κ3) is 3.58.